The van der Waals surface area contributed by atoms with Gasteiger partial charge in [0.1, 0.15) is 6.10 Å². The standard InChI is InChI=1S/C22H18O2/c23-14-15-8-10-17(11-9-15)22(24)21-7-3-6-19-18-5-2-1-4-16(18)12-13-20(19)21/h1-13,22-24H,14H2. The van der Waals surface area contributed by atoms with E-state index in [0.717, 1.165) is 27.5 Å². The zero-order valence-electron chi connectivity index (χ0n) is 13.2. The number of benzene rings is 4. The molecule has 0 bridgehead atoms. The number of fused-ring (bicyclic) bond motifs is 3. The maximum atomic E-state index is 10.9. The minimum atomic E-state index is -0.692. The Labute approximate surface area is 140 Å². The zero-order chi connectivity index (χ0) is 16.5. The molecule has 0 heterocycles. The van der Waals surface area contributed by atoms with E-state index < -0.39 is 6.10 Å². The van der Waals surface area contributed by atoms with Crippen LogP contribution >= 0.6 is 0 Å². The highest BCUT2D eigenvalue weighted by molar-refractivity contribution is 6.08. The molecular weight excluding hydrogens is 296 g/mol. The molecule has 0 saturated carbocycles. The van der Waals surface area contributed by atoms with Gasteiger partial charge in [0.15, 0.2) is 0 Å². The number of hydrogen-bond acceptors (Lipinski definition) is 2. The van der Waals surface area contributed by atoms with E-state index in [1.807, 2.05) is 48.5 Å². The molecule has 0 fully saturated rings. The number of aliphatic hydroxyl groups is 2. The average molecular weight is 314 g/mol. The second-order valence-corrected chi connectivity index (χ2v) is 6.03. The molecule has 0 spiro atoms. The largest absolute Gasteiger partial charge is 0.392 e. The first-order chi connectivity index (χ1) is 11.8. The normalized spacial score (nSPS) is 12.6. The molecular formula is C22H18O2. The van der Waals surface area contributed by atoms with E-state index in [2.05, 4.69) is 30.3 Å². The van der Waals surface area contributed by atoms with Gasteiger partial charge in [0.05, 0.1) is 6.61 Å². The number of rotatable bonds is 3. The second-order valence-electron chi connectivity index (χ2n) is 6.03. The fraction of sp³-hybridized carbons (Fsp3) is 0.0909. The highest BCUT2D eigenvalue weighted by Crippen LogP contribution is 2.33. The SMILES string of the molecule is OCc1ccc(C(O)c2cccc3c2ccc2ccccc23)cc1. The molecule has 4 rings (SSSR count). The van der Waals surface area contributed by atoms with Crippen LogP contribution < -0.4 is 0 Å². The third kappa shape index (κ3) is 2.46. The van der Waals surface area contributed by atoms with E-state index in [1.165, 1.54) is 10.8 Å². The number of aliphatic hydroxyl groups excluding tert-OH is 2. The van der Waals surface area contributed by atoms with Crippen molar-refractivity contribution in [1.29, 1.82) is 0 Å². The summed E-state index contributed by atoms with van der Waals surface area (Å²) in [6, 6.07) is 26.0. The smallest absolute Gasteiger partial charge is 0.105 e. The molecule has 1 atom stereocenters. The molecule has 0 aromatic heterocycles. The van der Waals surface area contributed by atoms with E-state index in [4.69, 9.17) is 5.11 Å². The molecule has 4 aromatic carbocycles. The van der Waals surface area contributed by atoms with Crippen LogP contribution in [0.5, 0.6) is 0 Å². The minimum Gasteiger partial charge on any atom is -0.392 e. The first-order valence-corrected chi connectivity index (χ1v) is 8.06. The van der Waals surface area contributed by atoms with Crippen LogP contribution in [-0.2, 0) is 6.61 Å². The van der Waals surface area contributed by atoms with Crippen molar-refractivity contribution in [3.63, 3.8) is 0 Å². The summed E-state index contributed by atoms with van der Waals surface area (Å²) >= 11 is 0. The Bertz CT molecular complexity index is 1000. The summed E-state index contributed by atoms with van der Waals surface area (Å²) < 4.78 is 0. The van der Waals surface area contributed by atoms with Gasteiger partial charge in [-0.25, -0.2) is 0 Å². The minimum absolute atomic E-state index is 0.0105. The van der Waals surface area contributed by atoms with Gasteiger partial charge in [0, 0.05) is 0 Å². The maximum Gasteiger partial charge on any atom is 0.105 e. The lowest BCUT2D eigenvalue weighted by Gasteiger charge is -2.15. The molecule has 0 amide bonds. The lowest BCUT2D eigenvalue weighted by Crippen LogP contribution is -2.01. The van der Waals surface area contributed by atoms with Crippen LogP contribution in [0.3, 0.4) is 0 Å². The van der Waals surface area contributed by atoms with E-state index >= 15 is 0 Å². The van der Waals surface area contributed by atoms with Crippen molar-refractivity contribution in [2.45, 2.75) is 12.7 Å². The predicted molar refractivity (Wildman–Crippen MR) is 97.9 cm³/mol. The van der Waals surface area contributed by atoms with Crippen molar-refractivity contribution in [3.8, 4) is 0 Å². The fourth-order valence-corrected chi connectivity index (χ4v) is 3.29. The van der Waals surface area contributed by atoms with Crippen LogP contribution in [0.15, 0.2) is 78.9 Å². The molecule has 2 nitrogen and oxygen atoms in total. The summed E-state index contributed by atoms with van der Waals surface area (Å²) in [6.07, 6.45) is -0.692. The Hall–Kier alpha value is -2.68. The highest BCUT2D eigenvalue weighted by Gasteiger charge is 2.14. The summed E-state index contributed by atoms with van der Waals surface area (Å²) in [5.41, 5.74) is 2.57. The van der Waals surface area contributed by atoms with Crippen LogP contribution in [0.4, 0.5) is 0 Å². The van der Waals surface area contributed by atoms with Crippen LogP contribution in [0.2, 0.25) is 0 Å². The van der Waals surface area contributed by atoms with Gasteiger partial charge >= 0.3 is 0 Å². The summed E-state index contributed by atoms with van der Waals surface area (Å²) in [6.45, 7) is 0.0105. The molecule has 4 aromatic rings. The van der Waals surface area contributed by atoms with Gasteiger partial charge in [0.25, 0.3) is 0 Å². The third-order valence-corrected chi connectivity index (χ3v) is 4.59. The Kier molecular flexibility index (Phi) is 3.77. The van der Waals surface area contributed by atoms with E-state index in [1.54, 1.807) is 0 Å². The Balaban J connectivity index is 1.87. The quantitative estimate of drug-likeness (QED) is 0.544. The summed E-state index contributed by atoms with van der Waals surface area (Å²) in [5.74, 6) is 0. The molecule has 0 radical (unpaired) electrons. The predicted octanol–water partition coefficient (Wildman–Crippen LogP) is 4.57. The molecule has 0 aliphatic carbocycles. The first kappa shape index (κ1) is 14.9. The van der Waals surface area contributed by atoms with Crippen LogP contribution in [0, 0.1) is 0 Å². The van der Waals surface area contributed by atoms with E-state index in [0.29, 0.717) is 0 Å². The van der Waals surface area contributed by atoms with Crippen molar-refractivity contribution in [1.82, 2.24) is 0 Å². The van der Waals surface area contributed by atoms with Crippen LogP contribution in [0.25, 0.3) is 21.5 Å². The summed E-state index contributed by atoms with van der Waals surface area (Å²) in [5, 5.41) is 24.6. The lowest BCUT2D eigenvalue weighted by molar-refractivity contribution is 0.221. The monoisotopic (exact) mass is 314 g/mol. The fourth-order valence-electron chi connectivity index (χ4n) is 3.29. The van der Waals surface area contributed by atoms with Crippen LogP contribution in [0.1, 0.15) is 22.8 Å². The van der Waals surface area contributed by atoms with Gasteiger partial charge in [-0.3, -0.25) is 0 Å². The van der Waals surface area contributed by atoms with E-state index in [9.17, 15) is 5.11 Å². The lowest BCUT2D eigenvalue weighted by atomic mass is 9.93. The summed E-state index contributed by atoms with van der Waals surface area (Å²) in [7, 11) is 0. The van der Waals surface area contributed by atoms with E-state index in [-0.39, 0.29) is 6.61 Å². The Morgan fingerprint density at radius 3 is 2.21 bits per heavy atom. The van der Waals surface area contributed by atoms with Crippen molar-refractivity contribution >= 4 is 21.5 Å². The molecule has 24 heavy (non-hydrogen) atoms. The van der Waals surface area contributed by atoms with Gasteiger partial charge in [-0.15, -0.1) is 0 Å². The molecule has 2 heteroatoms. The maximum absolute atomic E-state index is 10.9. The third-order valence-electron chi connectivity index (χ3n) is 4.59. The summed E-state index contributed by atoms with van der Waals surface area (Å²) in [4.78, 5) is 0. The molecule has 0 aliphatic heterocycles. The molecule has 0 saturated heterocycles. The number of hydrogen-bond donors (Lipinski definition) is 2. The first-order valence-electron chi connectivity index (χ1n) is 8.06. The Morgan fingerprint density at radius 2 is 1.42 bits per heavy atom. The van der Waals surface area contributed by atoms with Crippen molar-refractivity contribution < 1.29 is 10.2 Å². The zero-order valence-corrected chi connectivity index (χ0v) is 13.2. The second kappa shape index (κ2) is 6.08. The van der Waals surface area contributed by atoms with Crippen molar-refractivity contribution in [2.75, 3.05) is 0 Å². The van der Waals surface area contributed by atoms with Crippen LogP contribution in [-0.4, -0.2) is 10.2 Å². The van der Waals surface area contributed by atoms with Gasteiger partial charge < -0.3 is 10.2 Å². The molecule has 2 N–H and O–H groups in total. The molecule has 1 unspecified atom stereocenters. The van der Waals surface area contributed by atoms with Crippen molar-refractivity contribution in [2.24, 2.45) is 0 Å². The molecule has 0 aliphatic rings. The van der Waals surface area contributed by atoms with Gasteiger partial charge in [0.2, 0.25) is 0 Å². The Morgan fingerprint density at radius 1 is 0.667 bits per heavy atom. The van der Waals surface area contributed by atoms with Gasteiger partial charge in [-0.2, -0.15) is 0 Å². The van der Waals surface area contributed by atoms with Crippen molar-refractivity contribution in [3.05, 3.63) is 95.6 Å². The molecule has 118 valence electrons. The average Bonchev–Trinajstić information content (AvgIpc) is 2.67. The topological polar surface area (TPSA) is 40.5 Å². The van der Waals surface area contributed by atoms with Gasteiger partial charge in [-0.05, 0) is 38.2 Å². The van der Waals surface area contributed by atoms with Gasteiger partial charge in [-0.1, -0.05) is 78.9 Å². The highest BCUT2D eigenvalue weighted by atomic mass is 16.3.